The quantitative estimate of drug-likeness (QED) is 0.622. The van der Waals surface area contributed by atoms with Crippen LogP contribution in [0, 0.1) is 0 Å². The van der Waals surface area contributed by atoms with Gasteiger partial charge in [-0.2, -0.15) is 0 Å². The maximum atomic E-state index is 11.5. The molecular formula is C12H15ClN2O3S. The molecule has 1 aromatic carbocycles. The Morgan fingerprint density at radius 1 is 1.32 bits per heavy atom. The van der Waals surface area contributed by atoms with Crippen LogP contribution < -0.4 is 10.6 Å². The van der Waals surface area contributed by atoms with Crippen LogP contribution in [0.2, 0.25) is 5.02 Å². The van der Waals surface area contributed by atoms with E-state index < -0.39 is 6.03 Å². The van der Waals surface area contributed by atoms with Gasteiger partial charge in [-0.25, -0.2) is 4.79 Å². The molecule has 5 nitrogen and oxygen atoms in total. The number of rotatable bonds is 6. The van der Waals surface area contributed by atoms with Crippen molar-refractivity contribution in [2.75, 3.05) is 26.0 Å². The van der Waals surface area contributed by atoms with Gasteiger partial charge < -0.3 is 10.1 Å². The number of nitrogens with one attached hydrogen (secondary N) is 2. The van der Waals surface area contributed by atoms with E-state index in [1.165, 1.54) is 18.9 Å². The number of halogens is 1. The lowest BCUT2D eigenvalue weighted by molar-refractivity contribution is -0.117. The van der Waals surface area contributed by atoms with Gasteiger partial charge in [-0.1, -0.05) is 11.6 Å². The van der Waals surface area contributed by atoms with Crippen LogP contribution in [-0.2, 0) is 9.53 Å². The molecule has 0 heterocycles. The molecule has 0 aliphatic rings. The Hall–Kier alpha value is -1.24. The first-order chi connectivity index (χ1) is 9.11. The van der Waals surface area contributed by atoms with Crippen LogP contribution in [0.5, 0.6) is 0 Å². The maximum Gasteiger partial charge on any atom is 0.321 e. The van der Waals surface area contributed by atoms with Gasteiger partial charge in [0.15, 0.2) is 0 Å². The van der Waals surface area contributed by atoms with Gasteiger partial charge in [0.25, 0.3) is 0 Å². The Labute approximate surface area is 121 Å². The van der Waals surface area contributed by atoms with Gasteiger partial charge >= 0.3 is 6.03 Å². The number of imide groups is 1. The summed E-state index contributed by atoms with van der Waals surface area (Å²) in [6, 6.07) is 6.62. The van der Waals surface area contributed by atoms with E-state index >= 15 is 0 Å². The average Bonchev–Trinajstić information content (AvgIpc) is 2.38. The number of urea groups is 1. The Balaban J connectivity index is 2.24. The molecule has 0 aliphatic carbocycles. The van der Waals surface area contributed by atoms with E-state index in [0.29, 0.717) is 18.2 Å². The number of carbonyl (C=O) groups is 2. The number of benzene rings is 1. The predicted octanol–water partition coefficient (Wildman–Crippen LogP) is 1.90. The fourth-order valence-corrected chi connectivity index (χ4v) is 1.98. The van der Waals surface area contributed by atoms with Crippen molar-refractivity contribution in [1.82, 2.24) is 10.6 Å². The summed E-state index contributed by atoms with van der Waals surface area (Å²) >= 11 is 7.08. The van der Waals surface area contributed by atoms with E-state index in [2.05, 4.69) is 10.6 Å². The number of hydrogen-bond acceptors (Lipinski definition) is 4. The first-order valence-electron chi connectivity index (χ1n) is 5.57. The standard InChI is InChI=1S/C12H15ClN2O3S/c1-18-7-6-14-12(17)15-11(16)8-19-10-4-2-9(13)3-5-10/h2-5H,6-8H2,1H3,(H2,14,15,16,17). The van der Waals surface area contributed by atoms with Crippen LogP contribution in [0.4, 0.5) is 4.79 Å². The zero-order chi connectivity index (χ0) is 14.1. The highest BCUT2D eigenvalue weighted by Gasteiger charge is 2.07. The Morgan fingerprint density at radius 3 is 2.63 bits per heavy atom. The molecule has 0 bridgehead atoms. The van der Waals surface area contributed by atoms with Crippen LogP contribution >= 0.6 is 23.4 Å². The number of thioether (sulfide) groups is 1. The normalized spacial score (nSPS) is 10.0. The van der Waals surface area contributed by atoms with Gasteiger partial charge in [-0.3, -0.25) is 10.1 Å². The third-order valence-corrected chi connectivity index (χ3v) is 3.29. The number of amides is 3. The second-order valence-electron chi connectivity index (χ2n) is 3.54. The van der Waals surface area contributed by atoms with Crippen LogP contribution in [0.3, 0.4) is 0 Å². The summed E-state index contributed by atoms with van der Waals surface area (Å²) in [5.74, 6) is -0.186. The maximum absolute atomic E-state index is 11.5. The van der Waals surface area contributed by atoms with E-state index in [9.17, 15) is 9.59 Å². The highest BCUT2D eigenvalue weighted by Crippen LogP contribution is 2.19. The smallest absolute Gasteiger partial charge is 0.321 e. The first kappa shape index (κ1) is 15.8. The third-order valence-electron chi connectivity index (χ3n) is 2.03. The third kappa shape index (κ3) is 7.05. The lowest BCUT2D eigenvalue weighted by Gasteiger charge is -2.06. The van der Waals surface area contributed by atoms with Crippen molar-refractivity contribution in [3.05, 3.63) is 29.3 Å². The molecule has 0 saturated carbocycles. The Kier molecular flexibility index (Phi) is 7.32. The summed E-state index contributed by atoms with van der Waals surface area (Å²) in [5, 5.41) is 5.37. The molecule has 0 saturated heterocycles. The summed E-state index contributed by atoms with van der Waals surface area (Å²) < 4.78 is 4.77. The van der Waals surface area contributed by atoms with E-state index in [-0.39, 0.29) is 11.7 Å². The van der Waals surface area contributed by atoms with Gasteiger partial charge in [-0.05, 0) is 24.3 Å². The van der Waals surface area contributed by atoms with Crippen LogP contribution in [0.1, 0.15) is 0 Å². The molecule has 1 rings (SSSR count). The molecule has 0 aromatic heterocycles. The summed E-state index contributed by atoms with van der Waals surface area (Å²) in [6.07, 6.45) is 0. The molecular weight excluding hydrogens is 288 g/mol. The van der Waals surface area contributed by atoms with Gasteiger partial charge in [0.1, 0.15) is 0 Å². The minimum atomic E-state index is -0.515. The van der Waals surface area contributed by atoms with Gasteiger partial charge in [-0.15, -0.1) is 11.8 Å². The summed E-state index contributed by atoms with van der Waals surface area (Å²) in [7, 11) is 1.54. The van der Waals surface area contributed by atoms with E-state index in [0.717, 1.165) is 4.90 Å². The van der Waals surface area contributed by atoms with Gasteiger partial charge in [0.2, 0.25) is 5.91 Å². The molecule has 2 N–H and O–H groups in total. The van der Waals surface area contributed by atoms with E-state index in [1.807, 2.05) is 12.1 Å². The average molecular weight is 303 g/mol. The zero-order valence-corrected chi connectivity index (χ0v) is 12.0. The van der Waals surface area contributed by atoms with Gasteiger partial charge in [0.05, 0.1) is 12.4 Å². The second kappa shape index (κ2) is 8.79. The highest BCUT2D eigenvalue weighted by molar-refractivity contribution is 8.00. The fraction of sp³-hybridized carbons (Fsp3) is 0.333. The first-order valence-corrected chi connectivity index (χ1v) is 6.93. The molecule has 0 spiro atoms. The second-order valence-corrected chi connectivity index (χ2v) is 5.02. The van der Waals surface area contributed by atoms with Crippen LogP contribution in [0.25, 0.3) is 0 Å². The van der Waals surface area contributed by atoms with Crippen molar-refractivity contribution in [2.24, 2.45) is 0 Å². The van der Waals surface area contributed by atoms with Crippen molar-refractivity contribution in [3.8, 4) is 0 Å². The van der Waals surface area contributed by atoms with Crippen molar-refractivity contribution < 1.29 is 14.3 Å². The fourth-order valence-electron chi connectivity index (χ4n) is 1.15. The molecule has 0 radical (unpaired) electrons. The molecule has 19 heavy (non-hydrogen) atoms. The number of hydrogen-bond donors (Lipinski definition) is 2. The summed E-state index contributed by atoms with van der Waals surface area (Å²) in [4.78, 5) is 23.7. The topological polar surface area (TPSA) is 67.4 Å². The Morgan fingerprint density at radius 2 is 2.00 bits per heavy atom. The van der Waals surface area contributed by atoms with Crippen molar-refractivity contribution in [1.29, 1.82) is 0 Å². The van der Waals surface area contributed by atoms with Crippen molar-refractivity contribution in [2.45, 2.75) is 4.90 Å². The number of methoxy groups -OCH3 is 1. The molecule has 1 aromatic rings. The van der Waals surface area contributed by atoms with Crippen molar-refractivity contribution in [3.63, 3.8) is 0 Å². The predicted molar refractivity (Wildman–Crippen MR) is 75.6 cm³/mol. The summed E-state index contributed by atoms with van der Waals surface area (Å²) in [5.41, 5.74) is 0. The monoisotopic (exact) mass is 302 g/mol. The molecule has 104 valence electrons. The minimum absolute atomic E-state index is 0.166. The SMILES string of the molecule is COCCNC(=O)NC(=O)CSc1ccc(Cl)cc1. The molecule has 3 amide bonds. The number of carbonyl (C=O) groups excluding carboxylic acids is 2. The zero-order valence-electron chi connectivity index (χ0n) is 10.4. The number of ether oxygens (including phenoxy) is 1. The Bertz CT molecular complexity index is 425. The highest BCUT2D eigenvalue weighted by atomic mass is 35.5. The van der Waals surface area contributed by atoms with Crippen molar-refractivity contribution >= 4 is 35.3 Å². The lowest BCUT2D eigenvalue weighted by atomic mass is 10.4. The van der Waals surface area contributed by atoms with Crippen LogP contribution in [0.15, 0.2) is 29.2 Å². The van der Waals surface area contributed by atoms with E-state index in [1.54, 1.807) is 12.1 Å². The minimum Gasteiger partial charge on any atom is -0.383 e. The molecule has 0 fully saturated rings. The molecule has 0 aliphatic heterocycles. The summed E-state index contributed by atoms with van der Waals surface area (Å²) in [6.45, 7) is 0.765. The molecule has 7 heteroatoms. The molecule has 0 unspecified atom stereocenters. The lowest BCUT2D eigenvalue weighted by Crippen LogP contribution is -2.41. The van der Waals surface area contributed by atoms with Gasteiger partial charge in [0, 0.05) is 23.6 Å². The molecule has 0 atom stereocenters. The van der Waals surface area contributed by atoms with E-state index in [4.69, 9.17) is 16.3 Å². The van der Waals surface area contributed by atoms with Crippen LogP contribution in [-0.4, -0.2) is 38.0 Å². The largest absolute Gasteiger partial charge is 0.383 e.